The van der Waals surface area contributed by atoms with Crippen LogP contribution in [-0.2, 0) is 35.7 Å². The molecule has 3 N–H and O–H groups in total. The van der Waals surface area contributed by atoms with Gasteiger partial charge in [0.05, 0.1) is 6.42 Å². The number of aliphatic hydroxyl groups excluding tert-OH is 1. The van der Waals surface area contributed by atoms with E-state index in [1.165, 1.54) is 0 Å². The highest BCUT2D eigenvalue weighted by molar-refractivity contribution is 5.93. The fourth-order valence-corrected chi connectivity index (χ4v) is 4.10. The molecule has 8 nitrogen and oxygen atoms in total. The van der Waals surface area contributed by atoms with Crippen LogP contribution in [0.25, 0.3) is 22.1 Å². The molecule has 1 amide bonds. The quantitative estimate of drug-likeness (QED) is 0.256. The Kier molecular flexibility index (Phi) is 8.02. The summed E-state index contributed by atoms with van der Waals surface area (Å²) in [6.07, 6.45) is -0.627. The molecule has 0 fully saturated rings. The molecule has 0 aliphatic heterocycles. The molecule has 3 aromatic carbocycles. The van der Waals surface area contributed by atoms with Gasteiger partial charge in [-0.1, -0.05) is 36.4 Å². The van der Waals surface area contributed by atoms with Crippen LogP contribution in [0.1, 0.15) is 43.2 Å². The van der Waals surface area contributed by atoms with Crippen LogP contribution in [0.5, 0.6) is 5.75 Å². The van der Waals surface area contributed by atoms with Crippen molar-refractivity contribution in [3.8, 4) is 16.9 Å². The molecule has 0 atom stereocenters. The van der Waals surface area contributed by atoms with E-state index in [1.807, 2.05) is 57.2 Å². The summed E-state index contributed by atoms with van der Waals surface area (Å²) in [5.41, 5.74) is 4.03. The second-order valence-corrected chi connectivity index (χ2v) is 9.96. The van der Waals surface area contributed by atoms with Gasteiger partial charge in [0.15, 0.2) is 0 Å². The molecule has 0 saturated heterocycles. The highest BCUT2D eigenvalue weighted by Crippen LogP contribution is 2.34. The first-order chi connectivity index (χ1) is 18.1. The number of aliphatic hydroxyl groups is 1. The van der Waals surface area contributed by atoms with Gasteiger partial charge in [0.1, 0.15) is 35.9 Å². The smallest absolute Gasteiger partial charge is 0.407 e. The van der Waals surface area contributed by atoms with Gasteiger partial charge >= 0.3 is 12.1 Å². The van der Waals surface area contributed by atoms with E-state index in [-0.39, 0.29) is 26.2 Å². The Bertz CT molecular complexity index is 1450. The molecule has 0 radical (unpaired) electrons. The van der Waals surface area contributed by atoms with E-state index in [4.69, 9.17) is 13.9 Å². The molecule has 0 saturated carbocycles. The zero-order valence-electron chi connectivity index (χ0n) is 21.6. The first kappa shape index (κ1) is 26.8. The zero-order chi connectivity index (χ0) is 27.3. The molecule has 0 aliphatic rings. The minimum Gasteiger partial charge on any atom is -0.489 e. The maximum absolute atomic E-state index is 12.1. The second-order valence-electron chi connectivity index (χ2n) is 9.96. The van der Waals surface area contributed by atoms with Crippen LogP contribution in [0.2, 0.25) is 0 Å². The molecule has 8 heteroatoms. The van der Waals surface area contributed by atoms with Crippen LogP contribution in [0, 0.1) is 0 Å². The minimum absolute atomic E-state index is 0.133. The van der Waals surface area contributed by atoms with Crippen LogP contribution in [0.15, 0.2) is 71.1 Å². The predicted octanol–water partition coefficient (Wildman–Crippen LogP) is 5.82. The molecule has 1 aromatic heterocycles. The van der Waals surface area contributed by atoms with Crippen LogP contribution >= 0.6 is 0 Å². The number of nitrogens with one attached hydrogen (secondary N) is 1. The Morgan fingerprint density at radius 2 is 1.76 bits per heavy atom. The minimum atomic E-state index is -0.930. The number of hydrogen-bond donors (Lipinski definition) is 3. The first-order valence-corrected chi connectivity index (χ1v) is 12.3. The highest BCUT2D eigenvalue weighted by atomic mass is 16.6. The molecule has 0 unspecified atom stereocenters. The van der Waals surface area contributed by atoms with Gasteiger partial charge in [-0.2, -0.15) is 0 Å². The van der Waals surface area contributed by atoms with E-state index in [1.54, 1.807) is 30.3 Å². The van der Waals surface area contributed by atoms with E-state index in [0.29, 0.717) is 22.7 Å². The van der Waals surface area contributed by atoms with Gasteiger partial charge in [0.2, 0.25) is 0 Å². The molecule has 0 spiro atoms. The molecule has 4 rings (SSSR count). The summed E-state index contributed by atoms with van der Waals surface area (Å²) in [5.74, 6) is 0.0181. The summed E-state index contributed by atoms with van der Waals surface area (Å²) in [5, 5.41) is 22.4. The Hall–Kier alpha value is -4.30. The average Bonchev–Trinajstić information content (AvgIpc) is 3.29. The molecule has 198 valence electrons. The molecule has 38 heavy (non-hydrogen) atoms. The van der Waals surface area contributed by atoms with Crippen molar-refractivity contribution < 1.29 is 33.7 Å². The number of para-hydroxylation sites is 1. The number of fused-ring (bicyclic) bond motifs is 1. The second kappa shape index (κ2) is 11.4. The number of amides is 1. The van der Waals surface area contributed by atoms with Crippen molar-refractivity contribution in [2.45, 2.75) is 52.6 Å². The lowest BCUT2D eigenvalue weighted by Crippen LogP contribution is -2.32. The van der Waals surface area contributed by atoms with Crippen molar-refractivity contribution in [1.29, 1.82) is 0 Å². The SMILES string of the molecule is CC(C)(C)OC(=O)NCc1cccc(-c2cc(COc3ccccc3CC(=O)O)cc3cc(CO)oc23)c1. The van der Waals surface area contributed by atoms with Gasteiger partial charge in [-0.25, -0.2) is 4.79 Å². The van der Waals surface area contributed by atoms with Crippen LogP contribution < -0.4 is 10.1 Å². The Labute approximate surface area is 220 Å². The lowest BCUT2D eigenvalue weighted by molar-refractivity contribution is -0.136. The number of rotatable bonds is 9. The van der Waals surface area contributed by atoms with Crippen molar-refractivity contribution in [2.75, 3.05) is 0 Å². The Balaban J connectivity index is 1.62. The van der Waals surface area contributed by atoms with E-state index in [9.17, 15) is 19.8 Å². The monoisotopic (exact) mass is 517 g/mol. The topological polar surface area (TPSA) is 118 Å². The largest absolute Gasteiger partial charge is 0.489 e. The van der Waals surface area contributed by atoms with Crippen molar-refractivity contribution in [3.05, 3.63) is 89.2 Å². The summed E-state index contributed by atoms with van der Waals surface area (Å²) >= 11 is 0. The van der Waals surface area contributed by atoms with Crippen LogP contribution in [0.4, 0.5) is 4.79 Å². The van der Waals surface area contributed by atoms with E-state index < -0.39 is 17.7 Å². The lowest BCUT2D eigenvalue weighted by atomic mass is 9.99. The number of carboxylic acid groups (broad SMARTS) is 1. The molecular formula is C30H31NO7. The summed E-state index contributed by atoms with van der Waals surface area (Å²) in [7, 11) is 0. The van der Waals surface area contributed by atoms with Gasteiger partial charge in [-0.05, 0) is 67.8 Å². The van der Waals surface area contributed by atoms with Crippen LogP contribution in [-0.4, -0.2) is 27.9 Å². The van der Waals surface area contributed by atoms with Gasteiger partial charge in [0.25, 0.3) is 0 Å². The highest BCUT2D eigenvalue weighted by Gasteiger charge is 2.17. The molecule has 0 aliphatic carbocycles. The zero-order valence-corrected chi connectivity index (χ0v) is 21.6. The standard InChI is InChI=1S/C30H31NO7/c1-30(2,3)38-29(35)31-16-19-7-6-9-21(11-19)25-13-20(12-23-14-24(17-32)37-28(23)25)18-36-26-10-5-4-8-22(26)15-27(33)34/h4-14,32H,15-18H2,1-3H3,(H,31,35)(H,33,34). The van der Waals surface area contributed by atoms with E-state index in [0.717, 1.165) is 27.6 Å². The number of aliphatic carboxylic acids is 1. The fraction of sp³-hybridized carbons (Fsp3) is 0.267. The summed E-state index contributed by atoms with van der Waals surface area (Å²) in [4.78, 5) is 23.3. The number of ether oxygens (including phenoxy) is 2. The normalized spacial score (nSPS) is 11.4. The van der Waals surface area contributed by atoms with Gasteiger partial charge in [-0.3, -0.25) is 4.79 Å². The van der Waals surface area contributed by atoms with Crippen LogP contribution in [0.3, 0.4) is 0 Å². The third-order valence-corrected chi connectivity index (χ3v) is 5.67. The number of benzene rings is 3. The first-order valence-electron chi connectivity index (χ1n) is 12.3. The lowest BCUT2D eigenvalue weighted by Gasteiger charge is -2.19. The molecular weight excluding hydrogens is 486 g/mol. The summed E-state index contributed by atoms with van der Waals surface area (Å²) in [6.45, 7) is 5.69. The number of alkyl carbamates (subject to hydrolysis) is 1. The van der Waals surface area contributed by atoms with Crippen molar-refractivity contribution in [1.82, 2.24) is 5.32 Å². The number of carbonyl (C=O) groups excluding carboxylic acids is 1. The fourth-order valence-electron chi connectivity index (χ4n) is 4.10. The van der Waals surface area contributed by atoms with Crippen molar-refractivity contribution in [3.63, 3.8) is 0 Å². The van der Waals surface area contributed by atoms with Gasteiger partial charge < -0.3 is 29.4 Å². The number of furan rings is 1. The van der Waals surface area contributed by atoms with Gasteiger partial charge in [0, 0.05) is 23.1 Å². The number of hydrogen-bond acceptors (Lipinski definition) is 6. The number of carboxylic acids is 1. The molecule has 4 aromatic rings. The van der Waals surface area contributed by atoms with Crippen molar-refractivity contribution in [2.24, 2.45) is 0 Å². The predicted molar refractivity (Wildman–Crippen MR) is 143 cm³/mol. The molecule has 0 bridgehead atoms. The Morgan fingerprint density at radius 1 is 0.974 bits per heavy atom. The van der Waals surface area contributed by atoms with Crippen molar-refractivity contribution >= 4 is 23.0 Å². The van der Waals surface area contributed by atoms with E-state index in [2.05, 4.69) is 5.32 Å². The maximum atomic E-state index is 12.1. The summed E-state index contributed by atoms with van der Waals surface area (Å²) in [6, 6.07) is 20.4. The number of carbonyl (C=O) groups is 2. The molecule has 1 heterocycles. The maximum Gasteiger partial charge on any atom is 0.407 e. The summed E-state index contributed by atoms with van der Waals surface area (Å²) < 4.78 is 17.3. The third-order valence-electron chi connectivity index (χ3n) is 5.67. The third kappa shape index (κ3) is 6.92. The van der Waals surface area contributed by atoms with E-state index >= 15 is 0 Å². The van der Waals surface area contributed by atoms with Gasteiger partial charge in [-0.15, -0.1) is 0 Å². The Morgan fingerprint density at radius 3 is 2.50 bits per heavy atom. The average molecular weight is 518 g/mol.